The van der Waals surface area contributed by atoms with E-state index in [1.807, 2.05) is 114 Å². The van der Waals surface area contributed by atoms with Crippen LogP contribution in [0.4, 0.5) is 5.69 Å². The molecule has 4 aromatic carbocycles. The molecule has 0 fully saturated rings. The molecule has 5 aromatic rings. The molecule has 41 heavy (non-hydrogen) atoms. The van der Waals surface area contributed by atoms with E-state index in [2.05, 4.69) is 42.0 Å². The highest BCUT2D eigenvalue weighted by molar-refractivity contribution is 9.10. The number of ether oxygens (including phenoxy) is 1. The first-order valence-corrected chi connectivity index (χ1v) is 14.6. The van der Waals surface area contributed by atoms with Crippen LogP contribution in [0, 0.1) is 0 Å². The Morgan fingerprint density at radius 3 is 2.39 bits per heavy atom. The summed E-state index contributed by atoms with van der Waals surface area (Å²) >= 11 is 4.75. The molecule has 0 saturated heterocycles. The molecule has 0 aliphatic carbocycles. The SMILES string of the molecule is O=C(CSc1nnc(CNc2ccc(Br)cc2)n1-c1ccccc1)NN=Cc1ccccc1OCc1ccccc1. The summed E-state index contributed by atoms with van der Waals surface area (Å²) in [6.07, 6.45) is 1.58. The van der Waals surface area contributed by atoms with Crippen molar-refractivity contribution in [1.82, 2.24) is 20.2 Å². The Morgan fingerprint density at radius 1 is 0.902 bits per heavy atom. The van der Waals surface area contributed by atoms with Crippen molar-refractivity contribution in [3.05, 3.63) is 131 Å². The lowest BCUT2D eigenvalue weighted by molar-refractivity contribution is -0.118. The van der Waals surface area contributed by atoms with Gasteiger partial charge in [0.25, 0.3) is 5.91 Å². The summed E-state index contributed by atoms with van der Waals surface area (Å²) in [4.78, 5) is 12.6. The molecule has 0 saturated carbocycles. The quantitative estimate of drug-likeness (QED) is 0.0937. The summed E-state index contributed by atoms with van der Waals surface area (Å²) in [5.74, 6) is 1.27. The Bertz CT molecular complexity index is 1590. The van der Waals surface area contributed by atoms with Crippen LogP contribution in [0.3, 0.4) is 0 Å². The average Bonchev–Trinajstić information content (AvgIpc) is 3.43. The van der Waals surface area contributed by atoms with E-state index in [0.717, 1.165) is 32.8 Å². The summed E-state index contributed by atoms with van der Waals surface area (Å²) in [5, 5.41) is 16.9. The lowest BCUT2D eigenvalue weighted by Gasteiger charge is -2.11. The van der Waals surface area contributed by atoms with E-state index in [1.165, 1.54) is 11.8 Å². The number of anilines is 1. The van der Waals surface area contributed by atoms with Crippen LogP contribution in [0.25, 0.3) is 5.69 Å². The Morgan fingerprint density at radius 2 is 1.61 bits per heavy atom. The molecule has 0 unspecified atom stereocenters. The molecular weight excluding hydrogens is 600 g/mol. The number of hydrogen-bond acceptors (Lipinski definition) is 7. The molecule has 0 spiro atoms. The van der Waals surface area contributed by atoms with Gasteiger partial charge in [-0.2, -0.15) is 5.10 Å². The van der Waals surface area contributed by atoms with Crippen LogP contribution in [0.15, 0.2) is 124 Å². The minimum atomic E-state index is -0.258. The number of aromatic nitrogens is 3. The van der Waals surface area contributed by atoms with Gasteiger partial charge in [-0.25, -0.2) is 5.43 Å². The molecule has 8 nitrogen and oxygen atoms in total. The minimum absolute atomic E-state index is 0.120. The molecule has 0 radical (unpaired) electrons. The Kier molecular flexibility index (Phi) is 9.80. The fraction of sp³-hybridized carbons (Fsp3) is 0.0968. The van der Waals surface area contributed by atoms with Crippen LogP contribution < -0.4 is 15.5 Å². The van der Waals surface area contributed by atoms with Crippen LogP contribution in [0.2, 0.25) is 0 Å². The molecule has 0 atom stereocenters. The largest absolute Gasteiger partial charge is 0.488 e. The molecule has 206 valence electrons. The van der Waals surface area contributed by atoms with Gasteiger partial charge in [0.1, 0.15) is 12.4 Å². The van der Waals surface area contributed by atoms with Gasteiger partial charge >= 0.3 is 0 Å². The third kappa shape index (κ3) is 8.06. The molecule has 1 aromatic heterocycles. The monoisotopic (exact) mass is 626 g/mol. The van der Waals surface area contributed by atoms with Crippen LogP contribution >= 0.6 is 27.7 Å². The van der Waals surface area contributed by atoms with Gasteiger partial charge in [-0.15, -0.1) is 10.2 Å². The van der Waals surface area contributed by atoms with Gasteiger partial charge in [-0.05, 0) is 54.1 Å². The van der Waals surface area contributed by atoms with Gasteiger partial charge in [0.2, 0.25) is 0 Å². The number of thioether (sulfide) groups is 1. The first kappa shape index (κ1) is 28.1. The second kappa shape index (κ2) is 14.3. The maximum atomic E-state index is 12.6. The van der Waals surface area contributed by atoms with Gasteiger partial charge in [0.15, 0.2) is 11.0 Å². The number of benzene rings is 4. The zero-order valence-electron chi connectivity index (χ0n) is 22.0. The summed E-state index contributed by atoms with van der Waals surface area (Å²) in [7, 11) is 0. The first-order chi connectivity index (χ1) is 20.2. The lowest BCUT2D eigenvalue weighted by atomic mass is 10.2. The normalized spacial score (nSPS) is 11.0. The van der Waals surface area contributed by atoms with Crippen molar-refractivity contribution in [3.8, 4) is 11.4 Å². The predicted molar refractivity (Wildman–Crippen MR) is 167 cm³/mol. The van der Waals surface area contributed by atoms with E-state index >= 15 is 0 Å². The molecule has 2 N–H and O–H groups in total. The van der Waals surface area contributed by atoms with Gasteiger partial charge < -0.3 is 10.1 Å². The van der Waals surface area contributed by atoms with E-state index in [-0.39, 0.29) is 11.7 Å². The average molecular weight is 628 g/mol. The number of halogens is 1. The molecule has 0 aliphatic rings. The standard InChI is InChI=1S/C31H27BrN6O2S/c32-25-15-17-26(18-16-25)33-20-29-35-37-31(38(29)27-12-5-2-6-13-27)41-22-30(39)36-34-19-24-11-7-8-14-28(24)40-21-23-9-3-1-4-10-23/h1-19,33H,20-22H2,(H,36,39). The van der Waals surface area contributed by atoms with Crippen molar-refractivity contribution in [1.29, 1.82) is 0 Å². The highest BCUT2D eigenvalue weighted by Gasteiger charge is 2.16. The Labute approximate surface area is 251 Å². The maximum absolute atomic E-state index is 12.6. The van der Waals surface area contributed by atoms with Crippen molar-refractivity contribution >= 4 is 45.5 Å². The summed E-state index contributed by atoms with van der Waals surface area (Å²) in [6, 6.07) is 35.3. The molecule has 5 rings (SSSR count). The van der Waals surface area contributed by atoms with Gasteiger partial charge in [0, 0.05) is 21.4 Å². The predicted octanol–water partition coefficient (Wildman–Crippen LogP) is 6.46. The molecule has 0 aliphatic heterocycles. The number of carbonyl (C=O) groups excluding carboxylic acids is 1. The topological polar surface area (TPSA) is 93.4 Å². The number of nitrogens with zero attached hydrogens (tertiary/aromatic N) is 4. The van der Waals surface area contributed by atoms with E-state index in [0.29, 0.717) is 24.1 Å². The second-order valence-electron chi connectivity index (χ2n) is 8.82. The summed E-state index contributed by atoms with van der Waals surface area (Å²) in [5.41, 5.74) is 6.32. The second-order valence-corrected chi connectivity index (χ2v) is 10.7. The van der Waals surface area contributed by atoms with Crippen molar-refractivity contribution in [2.45, 2.75) is 18.3 Å². The van der Waals surface area contributed by atoms with Crippen LogP contribution in [-0.2, 0) is 17.9 Å². The molecule has 0 bridgehead atoms. The third-order valence-electron chi connectivity index (χ3n) is 5.89. The van der Waals surface area contributed by atoms with Crippen LogP contribution in [-0.4, -0.2) is 32.6 Å². The molecule has 10 heteroatoms. The molecule has 1 amide bonds. The summed E-state index contributed by atoms with van der Waals surface area (Å²) < 4.78 is 8.93. The maximum Gasteiger partial charge on any atom is 0.250 e. The van der Waals surface area contributed by atoms with Gasteiger partial charge in [0.05, 0.1) is 18.5 Å². The number of rotatable bonds is 12. The van der Waals surface area contributed by atoms with Crippen molar-refractivity contribution in [3.63, 3.8) is 0 Å². The Balaban J connectivity index is 1.20. The number of para-hydroxylation sites is 2. The molecule has 1 heterocycles. The Hall–Kier alpha value is -4.41. The van der Waals surface area contributed by atoms with E-state index in [9.17, 15) is 4.79 Å². The lowest BCUT2D eigenvalue weighted by Crippen LogP contribution is -2.20. The van der Waals surface area contributed by atoms with Crippen molar-refractivity contribution in [2.24, 2.45) is 5.10 Å². The van der Waals surface area contributed by atoms with Gasteiger partial charge in [-0.3, -0.25) is 9.36 Å². The van der Waals surface area contributed by atoms with E-state index in [4.69, 9.17) is 4.74 Å². The number of nitrogens with one attached hydrogen (secondary N) is 2. The first-order valence-electron chi connectivity index (χ1n) is 12.9. The van der Waals surface area contributed by atoms with Crippen molar-refractivity contribution in [2.75, 3.05) is 11.1 Å². The number of hydrazone groups is 1. The third-order valence-corrected chi connectivity index (χ3v) is 7.35. The smallest absolute Gasteiger partial charge is 0.250 e. The zero-order chi connectivity index (χ0) is 28.3. The fourth-order valence-electron chi connectivity index (χ4n) is 3.88. The van der Waals surface area contributed by atoms with Crippen molar-refractivity contribution < 1.29 is 9.53 Å². The van der Waals surface area contributed by atoms with Gasteiger partial charge in [-0.1, -0.05) is 88.4 Å². The highest BCUT2D eigenvalue weighted by atomic mass is 79.9. The number of carbonyl (C=O) groups is 1. The van der Waals surface area contributed by atoms with E-state index < -0.39 is 0 Å². The zero-order valence-corrected chi connectivity index (χ0v) is 24.4. The van der Waals surface area contributed by atoms with Crippen LogP contribution in [0.5, 0.6) is 5.75 Å². The number of amides is 1. The van der Waals surface area contributed by atoms with Crippen LogP contribution in [0.1, 0.15) is 17.0 Å². The summed E-state index contributed by atoms with van der Waals surface area (Å²) in [6.45, 7) is 0.907. The fourth-order valence-corrected chi connectivity index (χ4v) is 4.91. The number of hydrogen-bond donors (Lipinski definition) is 2. The molecular formula is C31H27BrN6O2S. The highest BCUT2D eigenvalue weighted by Crippen LogP contribution is 2.23. The minimum Gasteiger partial charge on any atom is -0.488 e. The van der Waals surface area contributed by atoms with E-state index in [1.54, 1.807) is 6.21 Å².